The van der Waals surface area contributed by atoms with Crippen molar-refractivity contribution in [1.82, 2.24) is 0 Å². The van der Waals surface area contributed by atoms with Crippen molar-refractivity contribution < 1.29 is 14.1 Å². The highest BCUT2D eigenvalue weighted by atomic mass is 32.2. The van der Waals surface area contributed by atoms with E-state index < -0.39 is 21.2 Å². The van der Waals surface area contributed by atoms with Crippen LogP contribution in [0.25, 0.3) is 0 Å². The highest BCUT2D eigenvalue weighted by molar-refractivity contribution is 7.92. The molecule has 4 N–H and O–H groups in total. The summed E-state index contributed by atoms with van der Waals surface area (Å²) >= 11 is 0. The fraction of sp³-hybridized carbons (Fsp3) is 0.889. The molecule has 6 heteroatoms. The summed E-state index contributed by atoms with van der Waals surface area (Å²) in [6, 6.07) is 0. The normalized spacial score (nSPS) is 19.1. The standard InChI is InChI=1S/C9H20N2O3S/c1-3-4-6-15(11,14)7-5-9(2,10)8(12)13/h11H,3-7,10H2,1-2H3,(H,12,13). The van der Waals surface area contributed by atoms with E-state index in [1.54, 1.807) is 0 Å². The minimum Gasteiger partial charge on any atom is -0.480 e. The Kier molecular flexibility index (Phi) is 5.23. The van der Waals surface area contributed by atoms with Gasteiger partial charge in [0.15, 0.2) is 0 Å². The van der Waals surface area contributed by atoms with Gasteiger partial charge in [-0.15, -0.1) is 0 Å². The molecule has 0 spiro atoms. The first kappa shape index (κ1) is 14.4. The van der Waals surface area contributed by atoms with E-state index in [4.69, 9.17) is 15.6 Å². The average molecular weight is 236 g/mol. The van der Waals surface area contributed by atoms with E-state index in [1.807, 2.05) is 6.92 Å². The van der Waals surface area contributed by atoms with Gasteiger partial charge in [0.2, 0.25) is 0 Å². The van der Waals surface area contributed by atoms with Gasteiger partial charge in [-0.3, -0.25) is 9.57 Å². The summed E-state index contributed by atoms with van der Waals surface area (Å²) < 4.78 is 19.2. The molecule has 0 heterocycles. The maximum Gasteiger partial charge on any atom is 0.323 e. The summed E-state index contributed by atoms with van der Waals surface area (Å²) in [5, 5.41) is 8.74. The third kappa shape index (κ3) is 5.74. The second-order valence-electron chi connectivity index (χ2n) is 4.05. The highest BCUT2D eigenvalue weighted by Gasteiger charge is 2.28. The molecular weight excluding hydrogens is 216 g/mol. The van der Waals surface area contributed by atoms with Crippen LogP contribution >= 0.6 is 0 Å². The first-order chi connectivity index (χ1) is 6.71. The molecule has 0 bridgehead atoms. The minimum absolute atomic E-state index is 0.0618. The first-order valence-corrected chi connectivity index (χ1v) is 6.87. The molecular formula is C9H20N2O3S. The van der Waals surface area contributed by atoms with Crippen molar-refractivity contribution in [2.45, 2.75) is 38.6 Å². The Morgan fingerprint density at radius 2 is 2.07 bits per heavy atom. The topological polar surface area (TPSA) is 104 Å². The molecule has 0 fully saturated rings. The molecule has 2 atom stereocenters. The summed E-state index contributed by atoms with van der Waals surface area (Å²) in [6.07, 6.45) is 1.69. The van der Waals surface area contributed by atoms with Crippen molar-refractivity contribution >= 4 is 15.7 Å². The molecule has 0 rings (SSSR count). The molecule has 0 radical (unpaired) electrons. The number of rotatable bonds is 7. The number of unbranched alkanes of at least 4 members (excludes halogenated alkanes) is 1. The van der Waals surface area contributed by atoms with E-state index in [0.717, 1.165) is 12.8 Å². The van der Waals surface area contributed by atoms with Crippen molar-refractivity contribution in [3.63, 3.8) is 0 Å². The lowest BCUT2D eigenvalue weighted by molar-refractivity contribution is -0.142. The van der Waals surface area contributed by atoms with Gasteiger partial charge in [0.25, 0.3) is 0 Å². The lowest BCUT2D eigenvalue weighted by atomic mass is 10.0. The van der Waals surface area contributed by atoms with Crippen LogP contribution in [0, 0.1) is 4.78 Å². The largest absolute Gasteiger partial charge is 0.480 e. The Hall–Kier alpha value is -0.620. The third-order valence-corrected chi connectivity index (χ3v) is 4.08. The molecule has 5 nitrogen and oxygen atoms in total. The van der Waals surface area contributed by atoms with Crippen LogP contribution < -0.4 is 5.73 Å². The zero-order valence-electron chi connectivity index (χ0n) is 9.28. The molecule has 0 aliphatic rings. The van der Waals surface area contributed by atoms with Crippen LogP contribution in [0.1, 0.15) is 33.1 Å². The zero-order valence-corrected chi connectivity index (χ0v) is 10.1. The molecule has 0 saturated heterocycles. The van der Waals surface area contributed by atoms with Crippen molar-refractivity contribution in [2.75, 3.05) is 11.5 Å². The lowest BCUT2D eigenvalue weighted by Gasteiger charge is -2.19. The molecule has 90 valence electrons. The number of carboxylic acid groups (broad SMARTS) is 1. The number of nitrogens with one attached hydrogen (secondary N) is 1. The average Bonchev–Trinajstić information content (AvgIpc) is 2.12. The molecule has 0 amide bonds. The van der Waals surface area contributed by atoms with Crippen LogP contribution in [-0.4, -0.2) is 32.3 Å². The predicted molar refractivity (Wildman–Crippen MR) is 60.3 cm³/mol. The summed E-state index contributed by atoms with van der Waals surface area (Å²) in [6.45, 7) is 3.34. The summed E-state index contributed by atoms with van der Waals surface area (Å²) in [4.78, 5) is 10.7. The van der Waals surface area contributed by atoms with E-state index in [2.05, 4.69) is 0 Å². The van der Waals surface area contributed by atoms with Gasteiger partial charge in [-0.1, -0.05) is 13.3 Å². The second-order valence-corrected chi connectivity index (χ2v) is 6.49. The number of carbonyl (C=O) groups is 1. The van der Waals surface area contributed by atoms with Gasteiger partial charge in [0.1, 0.15) is 5.54 Å². The number of aliphatic carboxylic acids is 1. The van der Waals surface area contributed by atoms with E-state index in [-0.39, 0.29) is 12.2 Å². The Morgan fingerprint density at radius 1 is 1.53 bits per heavy atom. The molecule has 0 saturated carbocycles. The van der Waals surface area contributed by atoms with Crippen LogP contribution in [0.15, 0.2) is 0 Å². The van der Waals surface area contributed by atoms with Crippen molar-refractivity contribution in [3.8, 4) is 0 Å². The fourth-order valence-corrected chi connectivity index (χ4v) is 2.68. The van der Waals surface area contributed by atoms with Crippen molar-refractivity contribution in [1.29, 1.82) is 4.78 Å². The zero-order chi connectivity index (χ0) is 12.1. The van der Waals surface area contributed by atoms with E-state index in [9.17, 15) is 9.00 Å². The number of nitrogens with two attached hydrogens (primary N) is 1. The highest BCUT2D eigenvalue weighted by Crippen LogP contribution is 2.10. The van der Waals surface area contributed by atoms with E-state index >= 15 is 0 Å². The van der Waals surface area contributed by atoms with Crippen LogP contribution in [0.4, 0.5) is 0 Å². The van der Waals surface area contributed by atoms with E-state index in [1.165, 1.54) is 6.92 Å². The van der Waals surface area contributed by atoms with Gasteiger partial charge in [-0.25, -0.2) is 4.21 Å². The monoisotopic (exact) mass is 236 g/mol. The van der Waals surface area contributed by atoms with Crippen LogP contribution in [0.2, 0.25) is 0 Å². The van der Waals surface area contributed by atoms with Gasteiger partial charge in [-0.2, -0.15) is 0 Å². The number of carboxylic acids is 1. The van der Waals surface area contributed by atoms with Crippen LogP contribution in [0.3, 0.4) is 0 Å². The Morgan fingerprint density at radius 3 is 2.47 bits per heavy atom. The third-order valence-electron chi connectivity index (χ3n) is 2.27. The second kappa shape index (κ2) is 5.46. The first-order valence-electron chi connectivity index (χ1n) is 4.98. The van der Waals surface area contributed by atoms with Gasteiger partial charge in [0.05, 0.1) is 0 Å². The smallest absolute Gasteiger partial charge is 0.323 e. The maximum absolute atomic E-state index is 11.6. The van der Waals surface area contributed by atoms with Crippen LogP contribution in [-0.2, 0) is 14.5 Å². The predicted octanol–water partition coefficient (Wildman–Crippen LogP) is 1.03. The fourth-order valence-electron chi connectivity index (χ4n) is 0.963. The van der Waals surface area contributed by atoms with Gasteiger partial charge < -0.3 is 10.8 Å². The van der Waals surface area contributed by atoms with Gasteiger partial charge in [0, 0.05) is 21.2 Å². The molecule has 0 aromatic carbocycles. The Balaban J connectivity index is 4.21. The molecule has 15 heavy (non-hydrogen) atoms. The molecule has 0 aliphatic carbocycles. The molecule has 0 aliphatic heterocycles. The van der Waals surface area contributed by atoms with Gasteiger partial charge in [-0.05, 0) is 19.8 Å². The summed E-state index contributed by atoms with van der Waals surface area (Å²) in [7, 11) is -2.65. The Bertz CT molecular complexity index is 309. The maximum atomic E-state index is 11.6. The summed E-state index contributed by atoms with van der Waals surface area (Å²) in [5.74, 6) is -0.723. The van der Waals surface area contributed by atoms with Crippen molar-refractivity contribution in [3.05, 3.63) is 0 Å². The minimum atomic E-state index is -2.65. The summed E-state index contributed by atoms with van der Waals surface area (Å²) in [5.41, 5.74) is 4.11. The SMILES string of the molecule is CCCCS(=N)(=O)CCC(C)(N)C(=O)O. The number of hydrogen-bond acceptors (Lipinski definition) is 4. The Labute approximate surface area is 91.0 Å². The lowest BCUT2D eigenvalue weighted by Crippen LogP contribution is -2.46. The van der Waals surface area contributed by atoms with Crippen molar-refractivity contribution in [2.24, 2.45) is 5.73 Å². The quantitative estimate of drug-likeness (QED) is 0.614. The van der Waals surface area contributed by atoms with Gasteiger partial charge >= 0.3 is 5.97 Å². The van der Waals surface area contributed by atoms with E-state index in [0.29, 0.717) is 5.75 Å². The molecule has 0 aromatic rings. The number of hydrogen-bond donors (Lipinski definition) is 3. The molecule has 0 aromatic heterocycles. The molecule has 2 unspecified atom stereocenters. The van der Waals surface area contributed by atoms with Crippen LogP contribution in [0.5, 0.6) is 0 Å².